The number of hydrogen-bond acceptors (Lipinski definition) is 3. The fourth-order valence-electron chi connectivity index (χ4n) is 3.05. The molecule has 1 aliphatic rings. The Hall–Kier alpha value is -1.67. The van der Waals surface area contributed by atoms with Crippen molar-refractivity contribution in [2.24, 2.45) is 0 Å². The average Bonchev–Trinajstić information content (AvgIpc) is 2.93. The zero-order valence-electron chi connectivity index (χ0n) is 14.9. The Labute approximate surface area is 173 Å². The van der Waals surface area contributed by atoms with E-state index in [1.54, 1.807) is 0 Å². The van der Waals surface area contributed by atoms with Gasteiger partial charge in [0.1, 0.15) is 5.82 Å². The lowest BCUT2D eigenvalue weighted by Crippen LogP contribution is -2.32. The van der Waals surface area contributed by atoms with Crippen molar-refractivity contribution in [3.05, 3.63) is 57.8 Å². The number of sulfonamides is 1. The van der Waals surface area contributed by atoms with E-state index in [2.05, 4.69) is 5.32 Å². The molecule has 150 valence electrons. The van der Waals surface area contributed by atoms with Crippen LogP contribution >= 0.6 is 23.2 Å². The lowest BCUT2D eigenvalue weighted by Gasteiger charge is -2.20. The summed E-state index contributed by atoms with van der Waals surface area (Å²) in [4.78, 5) is 12.2. The lowest BCUT2D eigenvalue weighted by molar-refractivity contribution is 0.102. The van der Waals surface area contributed by atoms with E-state index in [9.17, 15) is 17.6 Å². The fraction of sp³-hybridized carbons (Fsp3) is 0.316. The number of rotatable bonds is 4. The maximum Gasteiger partial charge on any atom is 0.257 e. The second-order valence-electron chi connectivity index (χ2n) is 6.54. The van der Waals surface area contributed by atoms with Crippen LogP contribution in [0.5, 0.6) is 0 Å². The van der Waals surface area contributed by atoms with Crippen LogP contribution in [0.15, 0.2) is 41.3 Å². The highest BCUT2D eigenvalue weighted by Crippen LogP contribution is 2.26. The molecule has 0 radical (unpaired) electrons. The van der Waals surface area contributed by atoms with E-state index in [1.165, 1.54) is 34.6 Å². The maximum absolute atomic E-state index is 14.5. The predicted octanol–water partition coefficient (Wildman–Crippen LogP) is 4.95. The van der Waals surface area contributed by atoms with Crippen LogP contribution in [0.2, 0.25) is 10.0 Å². The second kappa shape index (κ2) is 8.78. The first-order valence-corrected chi connectivity index (χ1v) is 11.0. The molecule has 1 aliphatic heterocycles. The van der Waals surface area contributed by atoms with Gasteiger partial charge in [0, 0.05) is 18.1 Å². The Morgan fingerprint density at radius 2 is 1.68 bits per heavy atom. The van der Waals surface area contributed by atoms with Crippen LogP contribution in [0.1, 0.15) is 36.0 Å². The first-order valence-electron chi connectivity index (χ1n) is 8.85. The van der Waals surface area contributed by atoms with E-state index in [-0.39, 0.29) is 21.2 Å². The SMILES string of the molecule is O=C(Nc1ccc(S(=O)(=O)N2CCCCCC2)cc1F)c1ccc(Cl)cc1Cl. The van der Waals surface area contributed by atoms with Gasteiger partial charge in [0.2, 0.25) is 10.0 Å². The molecule has 1 fully saturated rings. The predicted molar refractivity (Wildman–Crippen MR) is 108 cm³/mol. The van der Waals surface area contributed by atoms with Crippen LogP contribution in [0.3, 0.4) is 0 Å². The van der Waals surface area contributed by atoms with Crippen molar-refractivity contribution in [2.75, 3.05) is 18.4 Å². The Bertz CT molecular complexity index is 991. The van der Waals surface area contributed by atoms with Gasteiger partial charge in [-0.2, -0.15) is 4.31 Å². The summed E-state index contributed by atoms with van der Waals surface area (Å²) in [6, 6.07) is 7.79. The zero-order valence-corrected chi connectivity index (χ0v) is 17.2. The van der Waals surface area contributed by atoms with Gasteiger partial charge in [-0.05, 0) is 49.2 Å². The smallest absolute Gasteiger partial charge is 0.257 e. The van der Waals surface area contributed by atoms with Crippen molar-refractivity contribution in [1.29, 1.82) is 0 Å². The first-order chi connectivity index (χ1) is 13.3. The molecule has 2 aromatic carbocycles. The Kier molecular flexibility index (Phi) is 6.60. The third-order valence-corrected chi connectivity index (χ3v) is 7.01. The Morgan fingerprint density at radius 3 is 2.29 bits per heavy atom. The van der Waals surface area contributed by atoms with Crippen LogP contribution in [0.25, 0.3) is 0 Å². The molecule has 0 aromatic heterocycles. The third kappa shape index (κ3) is 4.66. The van der Waals surface area contributed by atoms with Crippen molar-refractivity contribution >= 4 is 44.8 Å². The van der Waals surface area contributed by atoms with Crippen LogP contribution in [0.4, 0.5) is 10.1 Å². The largest absolute Gasteiger partial charge is 0.319 e. The molecule has 1 amide bonds. The number of amides is 1. The summed E-state index contributed by atoms with van der Waals surface area (Å²) in [5, 5.41) is 2.91. The number of nitrogens with one attached hydrogen (secondary N) is 1. The number of nitrogens with zero attached hydrogens (tertiary/aromatic N) is 1. The standard InChI is InChI=1S/C19H19Cl2FN2O3S/c20-13-5-7-15(16(21)11-13)19(25)23-18-8-6-14(12-17(18)22)28(26,27)24-9-3-1-2-4-10-24/h5-8,11-12H,1-4,9-10H2,(H,23,25). The minimum absolute atomic E-state index is 0.130. The van der Waals surface area contributed by atoms with Gasteiger partial charge in [-0.25, -0.2) is 12.8 Å². The molecule has 3 rings (SSSR count). The fourth-order valence-corrected chi connectivity index (χ4v) is 5.08. The Morgan fingerprint density at radius 1 is 1.00 bits per heavy atom. The summed E-state index contributed by atoms with van der Waals surface area (Å²) in [6.45, 7) is 0.856. The normalized spacial score (nSPS) is 15.8. The first kappa shape index (κ1) is 21.0. The number of hydrogen-bond donors (Lipinski definition) is 1. The van der Waals surface area contributed by atoms with Gasteiger partial charge in [0.05, 0.1) is 21.2 Å². The van der Waals surface area contributed by atoms with Crippen molar-refractivity contribution in [1.82, 2.24) is 4.31 Å². The number of carbonyl (C=O) groups is 1. The highest BCUT2D eigenvalue weighted by molar-refractivity contribution is 7.89. The summed E-state index contributed by atoms with van der Waals surface area (Å²) in [7, 11) is -3.77. The van der Waals surface area contributed by atoms with Crippen LogP contribution in [-0.2, 0) is 10.0 Å². The monoisotopic (exact) mass is 444 g/mol. The summed E-state index contributed by atoms with van der Waals surface area (Å²) < 4.78 is 41.4. The van der Waals surface area contributed by atoms with Gasteiger partial charge >= 0.3 is 0 Å². The molecule has 28 heavy (non-hydrogen) atoms. The van der Waals surface area contributed by atoms with Crippen molar-refractivity contribution in [3.8, 4) is 0 Å². The quantitative estimate of drug-likeness (QED) is 0.725. The zero-order chi connectivity index (χ0) is 20.3. The van der Waals surface area contributed by atoms with Gasteiger partial charge in [-0.1, -0.05) is 36.0 Å². The second-order valence-corrected chi connectivity index (χ2v) is 9.32. The number of carbonyl (C=O) groups excluding carboxylic acids is 1. The van der Waals surface area contributed by atoms with E-state index >= 15 is 0 Å². The van der Waals surface area contributed by atoms with Crippen molar-refractivity contribution in [3.63, 3.8) is 0 Å². The van der Waals surface area contributed by atoms with Crippen molar-refractivity contribution in [2.45, 2.75) is 30.6 Å². The van der Waals surface area contributed by atoms with Gasteiger partial charge in [-0.3, -0.25) is 4.79 Å². The molecule has 1 saturated heterocycles. The molecule has 1 heterocycles. The minimum atomic E-state index is -3.77. The van der Waals surface area contributed by atoms with E-state index in [1.807, 2.05) is 0 Å². The van der Waals surface area contributed by atoms with E-state index < -0.39 is 21.7 Å². The molecule has 2 aromatic rings. The van der Waals surface area contributed by atoms with Gasteiger partial charge in [-0.15, -0.1) is 0 Å². The summed E-state index contributed by atoms with van der Waals surface area (Å²) in [5.74, 6) is -1.46. The van der Waals surface area contributed by atoms with Gasteiger partial charge in [0.15, 0.2) is 0 Å². The molecular formula is C19H19Cl2FN2O3S. The number of anilines is 1. The van der Waals surface area contributed by atoms with E-state index in [0.717, 1.165) is 31.7 Å². The van der Waals surface area contributed by atoms with E-state index in [0.29, 0.717) is 18.1 Å². The molecular weight excluding hydrogens is 426 g/mol. The molecule has 0 bridgehead atoms. The molecule has 0 atom stereocenters. The highest BCUT2D eigenvalue weighted by Gasteiger charge is 2.26. The summed E-state index contributed by atoms with van der Waals surface area (Å²) >= 11 is 11.8. The maximum atomic E-state index is 14.5. The molecule has 0 spiro atoms. The average molecular weight is 445 g/mol. The molecule has 0 unspecified atom stereocenters. The van der Waals surface area contributed by atoms with Crippen LogP contribution < -0.4 is 5.32 Å². The minimum Gasteiger partial charge on any atom is -0.319 e. The topological polar surface area (TPSA) is 66.5 Å². The summed E-state index contributed by atoms with van der Waals surface area (Å²) in [6.07, 6.45) is 3.55. The molecule has 9 heteroatoms. The number of halogens is 3. The van der Waals surface area contributed by atoms with Gasteiger partial charge < -0.3 is 5.32 Å². The van der Waals surface area contributed by atoms with Gasteiger partial charge in [0.25, 0.3) is 5.91 Å². The van der Waals surface area contributed by atoms with Crippen molar-refractivity contribution < 1.29 is 17.6 Å². The highest BCUT2D eigenvalue weighted by atomic mass is 35.5. The molecule has 5 nitrogen and oxygen atoms in total. The molecule has 0 saturated carbocycles. The molecule has 0 aliphatic carbocycles. The lowest BCUT2D eigenvalue weighted by atomic mass is 10.2. The number of benzene rings is 2. The van der Waals surface area contributed by atoms with E-state index in [4.69, 9.17) is 23.2 Å². The summed E-state index contributed by atoms with van der Waals surface area (Å²) in [5.41, 5.74) is -0.00226. The third-order valence-electron chi connectivity index (χ3n) is 4.57. The van der Waals surface area contributed by atoms with Crippen LogP contribution in [0, 0.1) is 5.82 Å². The Balaban J connectivity index is 1.81. The molecule has 1 N–H and O–H groups in total. The van der Waals surface area contributed by atoms with Crippen LogP contribution in [-0.4, -0.2) is 31.7 Å².